The Morgan fingerprint density at radius 2 is 1.97 bits per heavy atom. The van der Waals surface area contributed by atoms with E-state index in [2.05, 4.69) is 32.6 Å². The van der Waals surface area contributed by atoms with Crippen LogP contribution in [-0.4, -0.2) is 33.1 Å². The number of hydrogen-bond donors (Lipinski definition) is 3. The highest BCUT2D eigenvalue weighted by molar-refractivity contribution is 5.38. The minimum atomic E-state index is -0.615. The molecule has 3 rings (SSSR count). The second kappa shape index (κ2) is 9.30. The van der Waals surface area contributed by atoms with Crippen LogP contribution in [0.4, 0.5) is 0 Å². The first-order valence-electron chi connectivity index (χ1n) is 12.2. The number of aliphatic hydroxyl groups is 3. The van der Waals surface area contributed by atoms with Gasteiger partial charge in [-0.05, 0) is 93.1 Å². The van der Waals surface area contributed by atoms with Crippen LogP contribution in [0.25, 0.3) is 0 Å². The van der Waals surface area contributed by atoms with Gasteiger partial charge in [0, 0.05) is 6.42 Å². The second-order valence-corrected chi connectivity index (χ2v) is 11.3. The summed E-state index contributed by atoms with van der Waals surface area (Å²) in [6, 6.07) is 0. The van der Waals surface area contributed by atoms with Crippen molar-refractivity contribution in [2.75, 3.05) is 0 Å². The van der Waals surface area contributed by atoms with Gasteiger partial charge < -0.3 is 15.3 Å². The van der Waals surface area contributed by atoms with Gasteiger partial charge in [0.25, 0.3) is 0 Å². The molecule has 0 heterocycles. The molecule has 0 radical (unpaired) electrons. The average molecular weight is 417 g/mol. The molecule has 3 nitrogen and oxygen atoms in total. The molecule has 3 fully saturated rings. The number of hydrogen-bond acceptors (Lipinski definition) is 3. The van der Waals surface area contributed by atoms with Crippen LogP contribution in [0.5, 0.6) is 0 Å². The van der Waals surface area contributed by atoms with Gasteiger partial charge in [-0.1, -0.05) is 51.0 Å². The Kier molecular flexibility index (Phi) is 7.37. The Labute approximate surface area is 184 Å². The Balaban J connectivity index is 1.70. The molecular formula is C27H44O3. The van der Waals surface area contributed by atoms with Gasteiger partial charge in [-0.2, -0.15) is 0 Å². The van der Waals surface area contributed by atoms with Crippen LogP contribution in [-0.2, 0) is 0 Å². The monoisotopic (exact) mass is 416 g/mol. The molecule has 3 aliphatic rings. The predicted octanol–water partition coefficient (Wildman–Crippen LogP) is 5.70. The quantitative estimate of drug-likeness (QED) is 0.520. The molecule has 170 valence electrons. The standard InChI is InChI=1S/C27H44O3/c1-18(8-6-14-26(3,4)30)23-12-13-24-20(9-7-15-27(23,24)5)10-11-21-16-22(28)17-25(29)19(21)2/h10-11,18,22-25,28-30H,2,6-9,12-17H2,1,3-5H3/b20-10+,21-11-/t18-,22+,23+,24-,25?,27+/m0/s1. The lowest BCUT2D eigenvalue weighted by atomic mass is 9.60. The van der Waals surface area contributed by atoms with E-state index >= 15 is 0 Å². The van der Waals surface area contributed by atoms with Gasteiger partial charge in [0.05, 0.1) is 17.8 Å². The van der Waals surface area contributed by atoms with Crippen LogP contribution in [0.2, 0.25) is 0 Å². The van der Waals surface area contributed by atoms with Gasteiger partial charge in [-0.3, -0.25) is 0 Å². The summed E-state index contributed by atoms with van der Waals surface area (Å²) in [5.74, 6) is 2.11. The third-order valence-electron chi connectivity index (χ3n) is 8.44. The summed E-state index contributed by atoms with van der Waals surface area (Å²) in [5, 5.41) is 30.2. The van der Waals surface area contributed by atoms with E-state index in [0.717, 1.165) is 29.9 Å². The molecule has 0 aromatic heterocycles. The van der Waals surface area contributed by atoms with E-state index in [-0.39, 0.29) is 0 Å². The molecule has 0 aliphatic heterocycles. The third kappa shape index (κ3) is 5.29. The van der Waals surface area contributed by atoms with Crippen LogP contribution in [0, 0.1) is 23.2 Å². The number of aliphatic hydroxyl groups excluding tert-OH is 2. The minimum Gasteiger partial charge on any atom is -0.393 e. The number of rotatable bonds is 6. The van der Waals surface area contributed by atoms with E-state index in [4.69, 9.17) is 0 Å². The molecule has 3 aliphatic carbocycles. The van der Waals surface area contributed by atoms with Gasteiger partial charge in [-0.25, -0.2) is 0 Å². The maximum Gasteiger partial charge on any atom is 0.0811 e. The lowest BCUT2D eigenvalue weighted by Gasteiger charge is -2.44. The van der Waals surface area contributed by atoms with Gasteiger partial charge in [0.1, 0.15) is 0 Å². The molecule has 0 aromatic carbocycles. The topological polar surface area (TPSA) is 60.7 Å². The summed E-state index contributed by atoms with van der Waals surface area (Å²) < 4.78 is 0. The van der Waals surface area contributed by atoms with Gasteiger partial charge in [0.2, 0.25) is 0 Å². The van der Waals surface area contributed by atoms with Crippen LogP contribution in [0.1, 0.15) is 91.9 Å². The summed E-state index contributed by atoms with van der Waals surface area (Å²) in [6.07, 6.45) is 13.9. The second-order valence-electron chi connectivity index (χ2n) is 11.3. The molecule has 3 N–H and O–H groups in total. The largest absolute Gasteiger partial charge is 0.393 e. The fourth-order valence-corrected chi connectivity index (χ4v) is 6.74. The fourth-order valence-electron chi connectivity index (χ4n) is 6.74. The van der Waals surface area contributed by atoms with E-state index in [9.17, 15) is 15.3 Å². The highest BCUT2D eigenvalue weighted by Crippen LogP contribution is 2.60. The zero-order valence-corrected chi connectivity index (χ0v) is 19.7. The van der Waals surface area contributed by atoms with E-state index in [1.807, 2.05) is 13.8 Å². The number of fused-ring (bicyclic) bond motifs is 1. The van der Waals surface area contributed by atoms with Crippen molar-refractivity contribution in [1.29, 1.82) is 0 Å². The SMILES string of the molecule is C=C1/C(=C\C=C2/CCC[C@]3(C)[C@@H]([C@@H](C)CCCC(C)(C)O)CC[C@@H]23)C[C@@H](O)CC1O. The summed E-state index contributed by atoms with van der Waals surface area (Å²) in [5.41, 5.74) is 3.17. The van der Waals surface area contributed by atoms with E-state index in [1.165, 1.54) is 38.5 Å². The highest BCUT2D eigenvalue weighted by Gasteiger charge is 2.50. The molecule has 0 spiro atoms. The third-order valence-corrected chi connectivity index (χ3v) is 8.44. The van der Waals surface area contributed by atoms with E-state index in [1.54, 1.807) is 5.57 Å². The molecular weight excluding hydrogens is 372 g/mol. The zero-order valence-electron chi connectivity index (χ0n) is 19.7. The molecule has 6 atom stereocenters. The molecule has 0 saturated heterocycles. The molecule has 30 heavy (non-hydrogen) atoms. The van der Waals surface area contributed by atoms with Gasteiger partial charge in [0.15, 0.2) is 0 Å². The van der Waals surface area contributed by atoms with Crippen molar-refractivity contribution in [1.82, 2.24) is 0 Å². The number of allylic oxidation sites excluding steroid dienone is 3. The molecule has 1 unspecified atom stereocenters. The fraction of sp³-hybridized carbons (Fsp3) is 0.778. The maximum atomic E-state index is 10.1. The van der Waals surface area contributed by atoms with Crippen molar-refractivity contribution in [3.8, 4) is 0 Å². The summed E-state index contributed by atoms with van der Waals surface area (Å²) in [7, 11) is 0. The lowest BCUT2D eigenvalue weighted by Crippen LogP contribution is -2.36. The Morgan fingerprint density at radius 3 is 2.67 bits per heavy atom. The molecule has 3 heteroatoms. The Bertz CT molecular complexity index is 683. The highest BCUT2D eigenvalue weighted by atomic mass is 16.3. The van der Waals surface area contributed by atoms with Crippen LogP contribution >= 0.6 is 0 Å². The molecule has 0 bridgehead atoms. The van der Waals surface area contributed by atoms with Crippen LogP contribution in [0.15, 0.2) is 35.5 Å². The van der Waals surface area contributed by atoms with E-state index in [0.29, 0.717) is 30.1 Å². The minimum absolute atomic E-state index is 0.374. The molecule has 0 aromatic rings. The van der Waals surface area contributed by atoms with E-state index < -0.39 is 17.8 Å². The van der Waals surface area contributed by atoms with Crippen molar-refractivity contribution in [3.63, 3.8) is 0 Å². The van der Waals surface area contributed by atoms with Crippen molar-refractivity contribution < 1.29 is 15.3 Å². The molecule has 0 amide bonds. The van der Waals surface area contributed by atoms with Crippen molar-refractivity contribution in [3.05, 3.63) is 35.5 Å². The Morgan fingerprint density at radius 1 is 1.23 bits per heavy atom. The lowest BCUT2D eigenvalue weighted by molar-refractivity contribution is 0.0596. The van der Waals surface area contributed by atoms with Crippen molar-refractivity contribution >= 4 is 0 Å². The summed E-state index contributed by atoms with van der Waals surface area (Å²) >= 11 is 0. The first-order valence-corrected chi connectivity index (χ1v) is 12.2. The normalized spacial score (nSPS) is 38.8. The predicted molar refractivity (Wildman–Crippen MR) is 124 cm³/mol. The average Bonchev–Trinajstić information content (AvgIpc) is 3.00. The smallest absolute Gasteiger partial charge is 0.0811 e. The van der Waals surface area contributed by atoms with Crippen molar-refractivity contribution in [2.45, 2.75) is 110 Å². The maximum absolute atomic E-state index is 10.1. The van der Waals surface area contributed by atoms with Gasteiger partial charge in [-0.15, -0.1) is 0 Å². The van der Waals surface area contributed by atoms with Crippen molar-refractivity contribution in [2.24, 2.45) is 23.2 Å². The first-order chi connectivity index (χ1) is 14.0. The zero-order chi connectivity index (χ0) is 22.1. The Hall–Kier alpha value is -0.900. The summed E-state index contributed by atoms with van der Waals surface area (Å²) in [4.78, 5) is 0. The molecule has 3 saturated carbocycles. The van der Waals surface area contributed by atoms with Crippen LogP contribution in [0.3, 0.4) is 0 Å². The summed E-state index contributed by atoms with van der Waals surface area (Å²) in [6.45, 7) is 12.8. The van der Waals surface area contributed by atoms with Crippen LogP contribution < -0.4 is 0 Å². The first kappa shape index (κ1) is 23.8. The van der Waals surface area contributed by atoms with Gasteiger partial charge >= 0.3 is 0 Å².